The first-order chi connectivity index (χ1) is 13.9. The monoisotopic (exact) mass is 455 g/mol. The zero-order valence-corrected chi connectivity index (χ0v) is 16.8. The third-order valence-corrected chi connectivity index (χ3v) is 5.34. The van der Waals surface area contributed by atoms with Crippen LogP contribution in [0, 0.1) is 12.7 Å². The first-order valence-corrected chi connectivity index (χ1v) is 9.42. The molecule has 0 saturated carbocycles. The molecule has 0 spiro atoms. The first kappa shape index (κ1) is 19.1. The number of fused-ring (bicyclic) bond motifs is 1. The molecule has 0 radical (unpaired) electrons. The lowest BCUT2D eigenvalue weighted by molar-refractivity contribution is 0.0936. The van der Waals surface area contributed by atoms with Crippen LogP contribution in [-0.2, 0) is 0 Å². The number of aromatic nitrogens is 1. The van der Waals surface area contributed by atoms with Crippen LogP contribution in [-0.4, -0.2) is 16.4 Å². The van der Waals surface area contributed by atoms with Gasteiger partial charge in [0.15, 0.2) is 5.76 Å². The fourth-order valence-electron chi connectivity index (χ4n) is 3.38. The number of rotatable bonds is 3. The summed E-state index contributed by atoms with van der Waals surface area (Å²) in [7, 11) is 0. The molecular weight excluding hydrogens is 441 g/mol. The maximum absolute atomic E-state index is 13.3. The van der Waals surface area contributed by atoms with Gasteiger partial charge in [-0.05, 0) is 59.3 Å². The zero-order chi connectivity index (χ0) is 20.7. The minimum Gasteiger partial charge on any atom is -0.451 e. The van der Waals surface area contributed by atoms with E-state index in [1.54, 1.807) is 49.4 Å². The van der Waals surface area contributed by atoms with Crippen LogP contribution in [0.4, 0.5) is 4.39 Å². The molecule has 0 bridgehead atoms. The molecule has 6 nitrogen and oxygen atoms in total. The molecule has 2 heterocycles. The van der Waals surface area contributed by atoms with E-state index in [9.17, 15) is 14.0 Å². The minimum atomic E-state index is -0.486. The van der Waals surface area contributed by atoms with Crippen molar-refractivity contribution in [3.8, 4) is 11.3 Å². The highest BCUT2D eigenvalue weighted by Gasteiger charge is 2.25. The van der Waals surface area contributed by atoms with E-state index >= 15 is 0 Å². The second kappa shape index (κ2) is 7.31. The third-order valence-electron chi connectivity index (χ3n) is 4.69. The van der Waals surface area contributed by atoms with Crippen molar-refractivity contribution < 1.29 is 18.4 Å². The first-order valence-electron chi connectivity index (χ1n) is 8.63. The summed E-state index contributed by atoms with van der Waals surface area (Å²) in [4.78, 5) is 25.5. The van der Waals surface area contributed by atoms with Crippen LogP contribution < -0.4 is 11.3 Å². The fourth-order valence-corrected chi connectivity index (χ4v) is 3.93. The summed E-state index contributed by atoms with van der Waals surface area (Å²) in [6.07, 6.45) is 0. The van der Waals surface area contributed by atoms with E-state index in [1.807, 2.05) is 0 Å². The molecule has 2 aromatic heterocycles. The molecule has 0 aliphatic carbocycles. The molecule has 29 heavy (non-hydrogen) atoms. The van der Waals surface area contributed by atoms with Crippen LogP contribution in [0.5, 0.6) is 0 Å². The Labute approximate surface area is 173 Å². The predicted octanol–water partition coefficient (Wildman–Crippen LogP) is 4.40. The van der Waals surface area contributed by atoms with Crippen molar-refractivity contribution in [1.82, 2.24) is 9.99 Å². The molecule has 0 atom stereocenters. The SMILES string of the molecule is Cc1c(C(=O)NN)c2ccccc2n1C(=O)c1ccc(-c2ccc(F)cc2Br)o1. The highest BCUT2D eigenvalue weighted by atomic mass is 79.9. The molecule has 2 aromatic carbocycles. The number of carbonyl (C=O) groups is 2. The van der Waals surface area contributed by atoms with E-state index in [-0.39, 0.29) is 11.6 Å². The molecular formula is C21H15BrFN3O3. The molecule has 8 heteroatoms. The lowest BCUT2D eigenvalue weighted by Gasteiger charge is -2.06. The highest BCUT2D eigenvalue weighted by molar-refractivity contribution is 9.10. The van der Waals surface area contributed by atoms with Crippen molar-refractivity contribution in [3.63, 3.8) is 0 Å². The number of nitrogens with one attached hydrogen (secondary N) is 1. The normalized spacial score (nSPS) is 11.0. The van der Waals surface area contributed by atoms with Crippen molar-refractivity contribution in [2.75, 3.05) is 0 Å². The molecule has 4 aromatic rings. The van der Waals surface area contributed by atoms with Crippen molar-refractivity contribution in [3.05, 3.63) is 81.9 Å². The van der Waals surface area contributed by atoms with E-state index in [0.29, 0.717) is 38.0 Å². The number of hydrogen-bond donors (Lipinski definition) is 2. The average Bonchev–Trinajstić information content (AvgIpc) is 3.29. The number of hydrazine groups is 1. The topological polar surface area (TPSA) is 90.3 Å². The van der Waals surface area contributed by atoms with Gasteiger partial charge in [0.05, 0.1) is 11.1 Å². The van der Waals surface area contributed by atoms with Crippen LogP contribution >= 0.6 is 15.9 Å². The van der Waals surface area contributed by atoms with Crippen molar-refractivity contribution >= 4 is 38.6 Å². The number of nitrogens with two attached hydrogens (primary N) is 1. The Hall–Kier alpha value is -3.23. The molecule has 0 aliphatic heterocycles. The summed E-state index contributed by atoms with van der Waals surface area (Å²) in [6, 6.07) is 14.4. The van der Waals surface area contributed by atoms with E-state index in [4.69, 9.17) is 10.3 Å². The van der Waals surface area contributed by atoms with Gasteiger partial charge in [-0.2, -0.15) is 0 Å². The number of carbonyl (C=O) groups excluding carboxylic acids is 2. The Morgan fingerprint density at radius 2 is 1.90 bits per heavy atom. The lowest BCUT2D eigenvalue weighted by Crippen LogP contribution is -2.30. The zero-order valence-electron chi connectivity index (χ0n) is 15.2. The average molecular weight is 456 g/mol. The standard InChI is InChI=1S/C21H15BrFN3O3/c1-11-19(20(27)25-24)14-4-2-3-5-16(14)26(11)21(28)18-9-8-17(29-18)13-7-6-12(23)10-15(13)22/h2-10H,24H2,1H3,(H,25,27). The molecule has 0 unspecified atom stereocenters. The number of benzene rings is 2. The summed E-state index contributed by atoms with van der Waals surface area (Å²) in [5, 5.41) is 0.606. The number of halogens is 2. The van der Waals surface area contributed by atoms with Crippen LogP contribution in [0.3, 0.4) is 0 Å². The Bertz CT molecular complexity index is 1280. The molecule has 146 valence electrons. The third kappa shape index (κ3) is 3.16. The van der Waals surface area contributed by atoms with Crippen molar-refractivity contribution in [1.29, 1.82) is 0 Å². The Balaban J connectivity index is 1.82. The van der Waals surface area contributed by atoms with Gasteiger partial charge in [0.1, 0.15) is 11.6 Å². The maximum atomic E-state index is 13.3. The Morgan fingerprint density at radius 3 is 2.62 bits per heavy atom. The van der Waals surface area contributed by atoms with Gasteiger partial charge in [0.25, 0.3) is 11.8 Å². The number of nitrogen functional groups attached to an aromatic ring is 1. The highest BCUT2D eigenvalue weighted by Crippen LogP contribution is 2.32. The van der Waals surface area contributed by atoms with Gasteiger partial charge in [0, 0.05) is 21.1 Å². The smallest absolute Gasteiger partial charge is 0.298 e. The van der Waals surface area contributed by atoms with Crippen LogP contribution in [0.25, 0.3) is 22.2 Å². The summed E-state index contributed by atoms with van der Waals surface area (Å²) >= 11 is 3.30. The van der Waals surface area contributed by atoms with Crippen LogP contribution in [0.2, 0.25) is 0 Å². The second-order valence-corrected chi connectivity index (χ2v) is 7.23. The maximum Gasteiger partial charge on any atom is 0.298 e. The number of nitrogens with zero attached hydrogens (tertiary/aromatic N) is 1. The largest absolute Gasteiger partial charge is 0.451 e. The van der Waals surface area contributed by atoms with Gasteiger partial charge in [-0.3, -0.25) is 19.6 Å². The second-order valence-electron chi connectivity index (χ2n) is 6.38. The van der Waals surface area contributed by atoms with Gasteiger partial charge in [0.2, 0.25) is 0 Å². The number of furan rings is 1. The van der Waals surface area contributed by atoms with Gasteiger partial charge in [-0.25, -0.2) is 10.2 Å². The number of para-hydroxylation sites is 1. The number of hydrogen-bond acceptors (Lipinski definition) is 4. The van der Waals surface area contributed by atoms with Gasteiger partial charge < -0.3 is 4.42 Å². The summed E-state index contributed by atoms with van der Waals surface area (Å²) < 4.78 is 21.0. The van der Waals surface area contributed by atoms with Gasteiger partial charge in [-0.1, -0.05) is 18.2 Å². The lowest BCUT2D eigenvalue weighted by atomic mass is 10.1. The van der Waals surface area contributed by atoms with Gasteiger partial charge in [-0.15, -0.1) is 0 Å². The molecule has 1 amide bonds. The molecule has 0 fully saturated rings. The fraction of sp³-hybridized carbons (Fsp3) is 0.0476. The summed E-state index contributed by atoms with van der Waals surface area (Å²) in [5.41, 5.74) is 4.07. The van der Waals surface area contributed by atoms with E-state index in [2.05, 4.69) is 21.4 Å². The predicted molar refractivity (Wildman–Crippen MR) is 110 cm³/mol. The quantitative estimate of drug-likeness (QED) is 0.272. The summed E-state index contributed by atoms with van der Waals surface area (Å²) in [6.45, 7) is 1.67. The van der Waals surface area contributed by atoms with Crippen molar-refractivity contribution in [2.45, 2.75) is 6.92 Å². The van der Waals surface area contributed by atoms with Gasteiger partial charge >= 0.3 is 0 Å². The summed E-state index contributed by atoms with van der Waals surface area (Å²) in [5.74, 6) is 4.50. The molecule has 3 N–H and O–H groups in total. The van der Waals surface area contributed by atoms with Crippen LogP contribution in [0.1, 0.15) is 26.6 Å². The molecule has 0 saturated heterocycles. The minimum absolute atomic E-state index is 0.0831. The molecule has 4 rings (SSSR count). The van der Waals surface area contributed by atoms with E-state index in [0.717, 1.165) is 0 Å². The van der Waals surface area contributed by atoms with E-state index < -0.39 is 11.8 Å². The Kier molecular flexibility index (Phi) is 4.81. The number of amides is 1. The van der Waals surface area contributed by atoms with Crippen LogP contribution in [0.15, 0.2) is 63.5 Å². The Morgan fingerprint density at radius 1 is 1.14 bits per heavy atom. The molecule has 0 aliphatic rings. The van der Waals surface area contributed by atoms with E-state index in [1.165, 1.54) is 16.7 Å². The van der Waals surface area contributed by atoms with Crippen molar-refractivity contribution in [2.24, 2.45) is 5.84 Å².